The summed E-state index contributed by atoms with van der Waals surface area (Å²) >= 11 is 0. The van der Waals surface area contributed by atoms with Gasteiger partial charge in [-0.1, -0.05) is 42.5 Å². The number of aromatic nitrogens is 1. The predicted octanol–water partition coefficient (Wildman–Crippen LogP) is 4.42. The highest BCUT2D eigenvalue weighted by molar-refractivity contribution is 5.71. The van der Waals surface area contributed by atoms with Crippen molar-refractivity contribution < 1.29 is 4.74 Å². The summed E-state index contributed by atoms with van der Waals surface area (Å²) in [5.41, 5.74) is 4.37. The third kappa shape index (κ3) is 2.54. The van der Waals surface area contributed by atoms with Crippen LogP contribution >= 0.6 is 0 Å². The van der Waals surface area contributed by atoms with Crippen molar-refractivity contribution in [3.05, 3.63) is 72.9 Å². The van der Waals surface area contributed by atoms with Gasteiger partial charge in [-0.3, -0.25) is 4.98 Å². The van der Waals surface area contributed by atoms with Gasteiger partial charge < -0.3 is 4.74 Å². The summed E-state index contributed by atoms with van der Waals surface area (Å²) in [7, 11) is 1.68. The smallest absolute Gasteiger partial charge is 0.119 e. The van der Waals surface area contributed by atoms with Crippen LogP contribution in [0.4, 0.5) is 0 Å². The second-order valence-electron chi connectivity index (χ2n) is 4.53. The Hall–Kier alpha value is -2.61. The van der Waals surface area contributed by atoms with Crippen LogP contribution in [-0.2, 0) is 0 Å². The van der Waals surface area contributed by atoms with Gasteiger partial charge >= 0.3 is 0 Å². The second-order valence-corrected chi connectivity index (χ2v) is 4.53. The highest BCUT2D eigenvalue weighted by Crippen LogP contribution is 2.26. The van der Waals surface area contributed by atoms with Crippen molar-refractivity contribution in [2.45, 2.75) is 0 Å². The molecule has 0 saturated heterocycles. The monoisotopic (exact) mass is 261 g/mol. The molecule has 1 heterocycles. The summed E-state index contributed by atoms with van der Waals surface area (Å²) in [6, 6.07) is 22.4. The molecule has 0 aliphatic rings. The van der Waals surface area contributed by atoms with E-state index < -0.39 is 0 Å². The van der Waals surface area contributed by atoms with Gasteiger partial charge in [-0.05, 0) is 35.4 Å². The lowest BCUT2D eigenvalue weighted by atomic mass is 10.0. The summed E-state index contributed by atoms with van der Waals surface area (Å²) in [4.78, 5) is 4.45. The van der Waals surface area contributed by atoms with Gasteiger partial charge in [0.05, 0.1) is 12.8 Å². The molecule has 0 fully saturated rings. The molecule has 3 rings (SSSR count). The van der Waals surface area contributed by atoms with Gasteiger partial charge in [-0.15, -0.1) is 0 Å². The molecule has 0 bridgehead atoms. The number of nitrogens with zero attached hydrogens (tertiary/aromatic N) is 1. The first-order valence-electron chi connectivity index (χ1n) is 6.53. The summed E-state index contributed by atoms with van der Waals surface area (Å²) in [6.07, 6.45) is 1.84. The molecule has 0 N–H and O–H groups in total. The van der Waals surface area contributed by atoms with Gasteiger partial charge in [0.15, 0.2) is 0 Å². The van der Waals surface area contributed by atoms with Crippen LogP contribution < -0.4 is 4.74 Å². The number of rotatable bonds is 3. The van der Waals surface area contributed by atoms with E-state index in [1.54, 1.807) is 7.11 Å². The van der Waals surface area contributed by atoms with Gasteiger partial charge in [0.25, 0.3) is 0 Å². The molecule has 0 spiro atoms. The van der Waals surface area contributed by atoms with Crippen molar-refractivity contribution in [3.63, 3.8) is 0 Å². The van der Waals surface area contributed by atoms with Crippen LogP contribution in [0, 0.1) is 0 Å². The summed E-state index contributed by atoms with van der Waals surface area (Å²) < 4.78 is 5.28. The van der Waals surface area contributed by atoms with E-state index in [0.717, 1.165) is 28.1 Å². The Morgan fingerprint density at radius 1 is 0.750 bits per heavy atom. The molecule has 2 aromatic carbocycles. The molecule has 0 radical (unpaired) electrons. The number of ether oxygens (including phenoxy) is 1. The van der Waals surface area contributed by atoms with E-state index in [4.69, 9.17) is 4.74 Å². The van der Waals surface area contributed by atoms with Crippen molar-refractivity contribution in [1.29, 1.82) is 0 Å². The number of benzene rings is 2. The zero-order valence-electron chi connectivity index (χ0n) is 11.3. The minimum Gasteiger partial charge on any atom is -0.497 e. The standard InChI is InChI=1S/C18H15NO/c1-20-17-9-5-8-15(12-17)16-10-11-19-18(13-16)14-6-3-2-4-7-14/h2-13H,1H3. The first-order valence-corrected chi connectivity index (χ1v) is 6.53. The van der Waals surface area contributed by atoms with E-state index in [1.165, 1.54) is 0 Å². The van der Waals surface area contributed by atoms with E-state index in [9.17, 15) is 0 Å². The molecule has 0 aliphatic heterocycles. The molecular weight excluding hydrogens is 246 g/mol. The lowest BCUT2D eigenvalue weighted by Gasteiger charge is -2.07. The van der Waals surface area contributed by atoms with Gasteiger partial charge in [0.2, 0.25) is 0 Å². The minimum absolute atomic E-state index is 0.862. The van der Waals surface area contributed by atoms with Crippen molar-refractivity contribution >= 4 is 0 Å². The number of hydrogen-bond donors (Lipinski definition) is 0. The fraction of sp³-hybridized carbons (Fsp3) is 0.0556. The summed E-state index contributed by atoms with van der Waals surface area (Å²) in [6.45, 7) is 0. The van der Waals surface area contributed by atoms with Gasteiger partial charge in [0.1, 0.15) is 5.75 Å². The van der Waals surface area contributed by atoms with Crippen LogP contribution in [0.5, 0.6) is 5.75 Å². The van der Waals surface area contributed by atoms with Crippen molar-refractivity contribution in [3.8, 4) is 28.1 Å². The van der Waals surface area contributed by atoms with E-state index >= 15 is 0 Å². The SMILES string of the molecule is COc1cccc(-c2ccnc(-c3ccccc3)c2)c1. The normalized spacial score (nSPS) is 10.2. The lowest BCUT2D eigenvalue weighted by Crippen LogP contribution is -1.86. The molecule has 1 aromatic heterocycles. The van der Waals surface area contributed by atoms with Crippen LogP contribution in [0.25, 0.3) is 22.4 Å². The maximum absolute atomic E-state index is 5.28. The van der Waals surface area contributed by atoms with Crippen LogP contribution in [0.1, 0.15) is 0 Å². The number of pyridine rings is 1. The van der Waals surface area contributed by atoms with Crippen molar-refractivity contribution in [2.75, 3.05) is 7.11 Å². The Balaban J connectivity index is 2.03. The fourth-order valence-electron chi connectivity index (χ4n) is 2.18. The highest BCUT2D eigenvalue weighted by Gasteiger charge is 2.03. The molecule has 3 aromatic rings. The van der Waals surface area contributed by atoms with Crippen molar-refractivity contribution in [1.82, 2.24) is 4.98 Å². The molecule has 20 heavy (non-hydrogen) atoms. The second kappa shape index (κ2) is 5.57. The Bertz CT molecular complexity index is 707. The highest BCUT2D eigenvalue weighted by atomic mass is 16.5. The Morgan fingerprint density at radius 2 is 1.50 bits per heavy atom. The van der Waals surface area contributed by atoms with E-state index in [1.807, 2.05) is 48.7 Å². The maximum Gasteiger partial charge on any atom is 0.119 e. The Kier molecular flexibility index (Phi) is 3.46. The molecule has 0 atom stereocenters. The lowest BCUT2D eigenvalue weighted by molar-refractivity contribution is 0.415. The molecule has 0 saturated carbocycles. The van der Waals surface area contributed by atoms with Crippen molar-refractivity contribution in [2.24, 2.45) is 0 Å². The molecule has 2 nitrogen and oxygen atoms in total. The van der Waals surface area contributed by atoms with Crippen LogP contribution in [0.2, 0.25) is 0 Å². The predicted molar refractivity (Wildman–Crippen MR) is 81.7 cm³/mol. The fourth-order valence-corrected chi connectivity index (χ4v) is 2.18. The minimum atomic E-state index is 0.862. The third-order valence-corrected chi connectivity index (χ3v) is 3.23. The topological polar surface area (TPSA) is 22.1 Å². The number of methoxy groups -OCH3 is 1. The van der Waals surface area contributed by atoms with Crippen LogP contribution in [0.3, 0.4) is 0 Å². The largest absolute Gasteiger partial charge is 0.497 e. The molecular formula is C18H15NO. The third-order valence-electron chi connectivity index (χ3n) is 3.23. The average Bonchev–Trinajstić information content (AvgIpc) is 2.56. The van der Waals surface area contributed by atoms with E-state index in [2.05, 4.69) is 29.2 Å². The molecule has 0 amide bonds. The first-order chi connectivity index (χ1) is 9.86. The summed E-state index contributed by atoms with van der Waals surface area (Å²) in [5.74, 6) is 0.862. The Labute approximate surface area is 118 Å². The summed E-state index contributed by atoms with van der Waals surface area (Å²) in [5, 5.41) is 0. The number of hydrogen-bond acceptors (Lipinski definition) is 2. The quantitative estimate of drug-likeness (QED) is 0.696. The zero-order chi connectivity index (χ0) is 13.8. The molecule has 0 unspecified atom stereocenters. The zero-order valence-corrected chi connectivity index (χ0v) is 11.3. The van der Waals surface area contributed by atoms with E-state index in [0.29, 0.717) is 0 Å². The molecule has 98 valence electrons. The maximum atomic E-state index is 5.28. The van der Waals surface area contributed by atoms with Crippen LogP contribution in [-0.4, -0.2) is 12.1 Å². The first kappa shape index (κ1) is 12.4. The van der Waals surface area contributed by atoms with Gasteiger partial charge in [0, 0.05) is 11.8 Å². The van der Waals surface area contributed by atoms with E-state index in [-0.39, 0.29) is 0 Å². The van der Waals surface area contributed by atoms with Gasteiger partial charge in [-0.2, -0.15) is 0 Å². The molecule has 2 heteroatoms. The van der Waals surface area contributed by atoms with Gasteiger partial charge in [-0.25, -0.2) is 0 Å². The Morgan fingerprint density at radius 3 is 2.30 bits per heavy atom. The van der Waals surface area contributed by atoms with Crippen LogP contribution in [0.15, 0.2) is 72.9 Å². The molecule has 0 aliphatic carbocycles. The average molecular weight is 261 g/mol.